The molecule has 0 saturated heterocycles. The second-order valence-electron chi connectivity index (χ2n) is 4.70. The van der Waals surface area contributed by atoms with Gasteiger partial charge in [0.05, 0.1) is 18.6 Å². The highest BCUT2D eigenvalue weighted by Gasteiger charge is 2.17. The maximum atomic E-state index is 11.9. The lowest BCUT2D eigenvalue weighted by molar-refractivity contribution is 0.0563. The van der Waals surface area contributed by atoms with Crippen molar-refractivity contribution in [1.29, 1.82) is 0 Å². The van der Waals surface area contributed by atoms with Crippen LogP contribution in [0.25, 0.3) is 0 Å². The summed E-state index contributed by atoms with van der Waals surface area (Å²) in [5.41, 5.74) is 1.66. The van der Waals surface area contributed by atoms with Crippen LogP contribution < -0.4 is 5.56 Å². The van der Waals surface area contributed by atoms with Gasteiger partial charge in [-0.3, -0.25) is 4.79 Å². The summed E-state index contributed by atoms with van der Waals surface area (Å²) < 4.78 is 9.94. The number of aryl methyl sites for hydroxylation is 1. The van der Waals surface area contributed by atoms with Crippen molar-refractivity contribution in [2.45, 2.75) is 30.2 Å². The van der Waals surface area contributed by atoms with Gasteiger partial charge >= 0.3 is 5.97 Å². The summed E-state index contributed by atoms with van der Waals surface area (Å²) in [7, 11) is 1.30. The molecule has 7 heteroatoms. The largest absolute Gasteiger partial charge is 0.463 e. The summed E-state index contributed by atoms with van der Waals surface area (Å²) in [4.78, 5) is 30.4. The number of fused-ring (bicyclic) bond motifs is 1. The van der Waals surface area contributed by atoms with Crippen molar-refractivity contribution < 1.29 is 13.9 Å². The first-order valence-electron chi connectivity index (χ1n) is 6.59. The number of ether oxygens (including phenoxy) is 1. The van der Waals surface area contributed by atoms with E-state index in [9.17, 15) is 9.59 Å². The van der Waals surface area contributed by atoms with Gasteiger partial charge in [0.15, 0.2) is 5.16 Å². The summed E-state index contributed by atoms with van der Waals surface area (Å²) in [5, 5.41) is 0.580. The molecule has 0 fully saturated rings. The number of methoxy groups -OCH3 is 1. The molecule has 1 N–H and O–H groups in total. The Kier molecular flexibility index (Phi) is 3.83. The van der Waals surface area contributed by atoms with E-state index in [1.165, 1.54) is 18.9 Å². The van der Waals surface area contributed by atoms with Gasteiger partial charge in [-0.15, -0.1) is 0 Å². The molecule has 1 aliphatic rings. The molecule has 0 saturated carbocycles. The number of nitrogens with zero attached hydrogens (tertiary/aromatic N) is 1. The molecule has 0 radical (unpaired) electrons. The molecule has 0 aliphatic heterocycles. The Morgan fingerprint density at radius 3 is 3.14 bits per heavy atom. The molecule has 110 valence electrons. The number of furan rings is 1. The highest BCUT2D eigenvalue weighted by molar-refractivity contribution is 7.98. The Morgan fingerprint density at radius 2 is 2.33 bits per heavy atom. The van der Waals surface area contributed by atoms with Gasteiger partial charge in [-0.2, -0.15) is 0 Å². The monoisotopic (exact) mass is 306 g/mol. The van der Waals surface area contributed by atoms with E-state index in [-0.39, 0.29) is 11.3 Å². The first-order valence-corrected chi connectivity index (χ1v) is 7.58. The molecule has 0 spiro atoms. The minimum Gasteiger partial charge on any atom is -0.463 e. The van der Waals surface area contributed by atoms with Crippen LogP contribution in [-0.4, -0.2) is 23.0 Å². The Labute approximate surface area is 124 Å². The molecular formula is C14H14N2O4S. The lowest BCUT2D eigenvalue weighted by Gasteiger charge is -2.02. The Bertz CT molecular complexity index is 735. The zero-order valence-corrected chi connectivity index (χ0v) is 12.3. The molecule has 2 aromatic heterocycles. The maximum Gasteiger partial charge on any atom is 0.373 e. The number of nitrogens with one attached hydrogen (secondary N) is 1. The first kappa shape index (κ1) is 13.9. The van der Waals surface area contributed by atoms with Gasteiger partial charge in [0.2, 0.25) is 5.76 Å². The van der Waals surface area contributed by atoms with Crippen LogP contribution in [0.15, 0.2) is 26.5 Å². The number of H-pyrrole nitrogens is 1. The molecule has 0 amide bonds. The van der Waals surface area contributed by atoms with Gasteiger partial charge in [0, 0.05) is 5.56 Å². The van der Waals surface area contributed by atoms with Crippen molar-refractivity contribution in [1.82, 2.24) is 9.97 Å². The number of aromatic amines is 1. The number of rotatable bonds is 4. The van der Waals surface area contributed by atoms with E-state index in [1.54, 1.807) is 12.1 Å². The molecule has 0 atom stereocenters. The van der Waals surface area contributed by atoms with E-state index in [0.717, 1.165) is 30.5 Å². The van der Waals surface area contributed by atoms with E-state index < -0.39 is 5.97 Å². The molecule has 6 nitrogen and oxygen atoms in total. The molecule has 0 bridgehead atoms. The molecule has 3 rings (SSSR count). The first-order chi connectivity index (χ1) is 10.2. The van der Waals surface area contributed by atoms with E-state index >= 15 is 0 Å². The van der Waals surface area contributed by atoms with Gasteiger partial charge < -0.3 is 14.1 Å². The third kappa shape index (κ3) is 2.87. The van der Waals surface area contributed by atoms with Crippen molar-refractivity contribution in [3.63, 3.8) is 0 Å². The van der Waals surface area contributed by atoms with Gasteiger partial charge in [-0.05, 0) is 31.4 Å². The van der Waals surface area contributed by atoms with Crippen LogP contribution in [0, 0.1) is 0 Å². The summed E-state index contributed by atoms with van der Waals surface area (Å²) in [6.45, 7) is 0. The zero-order valence-electron chi connectivity index (χ0n) is 11.5. The van der Waals surface area contributed by atoms with Crippen molar-refractivity contribution >= 4 is 17.7 Å². The molecule has 2 aromatic rings. The molecule has 1 aliphatic carbocycles. The Morgan fingerprint density at radius 1 is 1.48 bits per heavy atom. The van der Waals surface area contributed by atoms with Crippen LogP contribution in [0.1, 0.15) is 34.0 Å². The average molecular weight is 306 g/mol. The summed E-state index contributed by atoms with van der Waals surface area (Å²) in [6.07, 6.45) is 2.66. The van der Waals surface area contributed by atoms with Crippen LogP contribution in [0.2, 0.25) is 0 Å². The third-order valence-electron chi connectivity index (χ3n) is 3.32. The summed E-state index contributed by atoms with van der Waals surface area (Å²) >= 11 is 1.37. The van der Waals surface area contributed by atoms with Crippen molar-refractivity contribution in [2.75, 3.05) is 7.11 Å². The SMILES string of the molecule is COC(=O)c1ccc(CSc2nc3c(c(=O)[nH]2)CCC3)o1. The fraction of sp³-hybridized carbons (Fsp3) is 0.357. The second kappa shape index (κ2) is 5.77. The predicted octanol–water partition coefficient (Wildman–Crippen LogP) is 1.93. The summed E-state index contributed by atoms with van der Waals surface area (Å²) in [6, 6.07) is 3.28. The van der Waals surface area contributed by atoms with Crippen LogP contribution in [0.5, 0.6) is 0 Å². The molecule has 0 aromatic carbocycles. The number of carbonyl (C=O) groups excluding carboxylic acids is 1. The molecular weight excluding hydrogens is 292 g/mol. The molecule has 2 heterocycles. The number of hydrogen-bond donors (Lipinski definition) is 1. The minimum absolute atomic E-state index is 0.0466. The normalized spacial score (nSPS) is 13.2. The minimum atomic E-state index is -0.504. The van der Waals surface area contributed by atoms with Gasteiger partial charge in [-0.25, -0.2) is 9.78 Å². The fourth-order valence-corrected chi connectivity index (χ4v) is 3.07. The highest BCUT2D eigenvalue weighted by atomic mass is 32.2. The fourth-order valence-electron chi connectivity index (χ4n) is 2.29. The van der Waals surface area contributed by atoms with Crippen LogP contribution >= 0.6 is 11.8 Å². The number of esters is 1. The molecule has 21 heavy (non-hydrogen) atoms. The smallest absolute Gasteiger partial charge is 0.373 e. The number of carbonyl (C=O) groups is 1. The quantitative estimate of drug-likeness (QED) is 0.528. The lowest BCUT2D eigenvalue weighted by atomic mass is 10.3. The highest BCUT2D eigenvalue weighted by Crippen LogP contribution is 2.23. The summed E-state index contributed by atoms with van der Waals surface area (Å²) in [5.74, 6) is 0.779. The third-order valence-corrected chi connectivity index (χ3v) is 4.21. The van der Waals surface area contributed by atoms with Crippen LogP contribution in [0.4, 0.5) is 0 Å². The van der Waals surface area contributed by atoms with E-state index in [2.05, 4.69) is 14.7 Å². The van der Waals surface area contributed by atoms with E-state index in [0.29, 0.717) is 16.7 Å². The zero-order chi connectivity index (χ0) is 14.8. The number of thioether (sulfide) groups is 1. The lowest BCUT2D eigenvalue weighted by Crippen LogP contribution is -2.14. The van der Waals surface area contributed by atoms with E-state index in [4.69, 9.17) is 4.42 Å². The van der Waals surface area contributed by atoms with Crippen molar-refractivity contribution in [3.8, 4) is 0 Å². The number of hydrogen-bond acceptors (Lipinski definition) is 6. The van der Waals surface area contributed by atoms with Crippen LogP contribution in [-0.2, 0) is 23.3 Å². The maximum absolute atomic E-state index is 11.9. The van der Waals surface area contributed by atoms with Crippen LogP contribution in [0.3, 0.4) is 0 Å². The topological polar surface area (TPSA) is 85.2 Å². The van der Waals surface area contributed by atoms with E-state index in [1.807, 2.05) is 0 Å². The molecule has 0 unspecified atom stereocenters. The van der Waals surface area contributed by atoms with Gasteiger partial charge in [-0.1, -0.05) is 11.8 Å². The Balaban J connectivity index is 1.71. The number of aromatic nitrogens is 2. The average Bonchev–Trinajstić information content (AvgIpc) is 3.13. The van der Waals surface area contributed by atoms with Gasteiger partial charge in [0.25, 0.3) is 5.56 Å². The van der Waals surface area contributed by atoms with Crippen molar-refractivity contribution in [2.24, 2.45) is 0 Å². The predicted molar refractivity (Wildman–Crippen MR) is 76.5 cm³/mol. The van der Waals surface area contributed by atoms with Crippen molar-refractivity contribution in [3.05, 3.63) is 45.3 Å². The standard InChI is InChI=1S/C14H14N2O4S/c1-19-13(18)11-6-5-8(20-11)7-21-14-15-10-4-2-3-9(10)12(17)16-14/h5-6H,2-4,7H2,1H3,(H,15,16,17). The Hall–Kier alpha value is -2.02. The second-order valence-corrected chi connectivity index (χ2v) is 5.66. The van der Waals surface area contributed by atoms with Gasteiger partial charge in [0.1, 0.15) is 5.76 Å².